The number of fused-ring (bicyclic) bond motifs is 1. The molecule has 0 aliphatic carbocycles. The molecule has 0 amide bonds. The lowest BCUT2D eigenvalue weighted by Gasteiger charge is -2.27. The van der Waals surface area contributed by atoms with E-state index in [-0.39, 0.29) is 29.4 Å². The van der Waals surface area contributed by atoms with Crippen LogP contribution in [-0.2, 0) is 13.0 Å². The van der Waals surface area contributed by atoms with E-state index in [1.54, 1.807) is 11.3 Å². The van der Waals surface area contributed by atoms with Crippen LogP contribution in [-0.4, -0.2) is 16.5 Å². The molecule has 1 aliphatic heterocycles. The number of nitrogens with one attached hydrogen (secondary N) is 2. The lowest BCUT2D eigenvalue weighted by atomic mass is 9.88. The van der Waals surface area contributed by atoms with Gasteiger partial charge in [0.25, 0.3) is 5.56 Å². The van der Waals surface area contributed by atoms with Gasteiger partial charge in [0.15, 0.2) is 0 Å². The van der Waals surface area contributed by atoms with Crippen molar-refractivity contribution in [1.82, 2.24) is 15.3 Å². The van der Waals surface area contributed by atoms with Crippen LogP contribution in [0, 0.1) is 11.3 Å². The van der Waals surface area contributed by atoms with Crippen molar-refractivity contribution in [2.24, 2.45) is 0 Å². The number of H-pyrrole nitrogens is 1. The Morgan fingerprint density at radius 3 is 2.88 bits per heavy atom. The Labute approximate surface area is 151 Å². The summed E-state index contributed by atoms with van der Waals surface area (Å²) in [4.78, 5) is 21.0. The van der Waals surface area contributed by atoms with Crippen molar-refractivity contribution in [3.8, 4) is 16.6 Å². The zero-order valence-corrected chi connectivity index (χ0v) is 15.4. The SMILES string of the molecule is CCCC1CNCc2c1[nH]c(=O)c(C#N)c2-c1ncc(CC)s1.Cl. The van der Waals surface area contributed by atoms with E-state index in [9.17, 15) is 10.1 Å². The lowest BCUT2D eigenvalue weighted by molar-refractivity contribution is 0.496. The van der Waals surface area contributed by atoms with Crippen LogP contribution in [0.5, 0.6) is 0 Å². The quantitative estimate of drug-likeness (QED) is 0.871. The fourth-order valence-corrected chi connectivity index (χ4v) is 4.12. The summed E-state index contributed by atoms with van der Waals surface area (Å²) in [5.41, 5.74) is 2.63. The molecule has 5 nitrogen and oxygen atoms in total. The Morgan fingerprint density at radius 1 is 1.46 bits per heavy atom. The molecule has 128 valence electrons. The molecule has 2 N–H and O–H groups in total. The smallest absolute Gasteiger partial charge is 0.266 e. The van der Waals surface area contributed by atoms with Gasteiger partial charge in [0.2, 0.25) is 0 Å². The first-order valence-corrected chi connectivity index (χ1v) is 8.86. The van der Waals surface area contributed by atoms with Crippen molar-refractivity contribution in [2.75, 3.05) is 6.54 Å². The number of nitriles is 1. The predicted molar refractivity (Wildman–Crippen MR) is 98.9 cm³/mol. The maximum Gasteiger partial charge on any atom is 0.266 e. The minimum atomic E-state index is -0.294. The van der Waals surface area contributed by atoms with Gasteiger partial charge in [-0.05, 0) is 18.4 Å². The first-order chi connectivity index (χ1) is 11.2. The second kappa shape index (κ2) is 7.93. The Bertz CT molecular complexity index is 821. The molecule has 0 saturated carbocycles. The minimum Gasteiger partial charge on any atom is -0.324 e. The van der Waals surface area contributed by atoms with Crippen LogP contribution < -0.4 is 10.9 Å². The third-order valence-electron chi connectivity index (χ3n) is 4.32. The van der Waals surface area contributed by atoms with Crippen LogP contribution in [0.2, 0.25) is 0 Å². The van der Waals surface area contributed by atoms with Gasteiger partial charge < -0.3 is 10.3 Å². The van der Waals surface area contributed by atoms with Gasteiger partial charge in [-0.3, -0.25) is 4.79 Å². The van der Waals surface area contributed by atoms with E-state index in [0.717, 1.165) is 52.5 Å². The summed E-state index contributed by atoms with van der Waals surface area (Å²) in [5.74, 6) is 0.286. The normalized spacial score (nSPS) is 16.1. The number of rotatable bonds is 4. The van der Waals surface area contributed by atoms with Gasteiger partial charge in [-0.25, -0.2) is 4.98 Å². The minimum absolute atomic E-state index is 0. The van der Waals surface area contributed by atoms with Gasteiger partial charge >= 0.3 is 0 Å². The number of aromatic amines is 1. The molecule has 0 fully saturated rings. The van der Waals surface area contributed by atoms with Crippen LogP contribution in [0.1, 0.15) is 54.3 Å². The van der Waals surface area contributed by atoms with Gasteiger partial charge in [-0.1, -0.05) is 20.3 Å². The number of pyridine rings is 1. The number of hydrogen-bond donors (Lipinski definition) is 2. The molecular formula is C17H21ClN4OS. The second-order valence-corrected chi connectivity index (χ2v) is 6.93. The molecule has 2 aromatic rings. The molecule has 1 unspecified atom stereocenters. The summed E-state index contributed by atoms with van der Waals surface area (Å²) in [6.45, 7) is 5.75. The van der Waals surface area contributed by atoms with E-state index >= 15 is 0 Å². The standard InChI is InChI=1S/C17H20N4OS.ClH/c1-3-5-10-7-19-9-13-14(17-20-8-11(4-2)23-17)12(6-18)16(22)21-15(10)13;/h8,10,19H,3-5,7,9H2,1-2H3,(H,21,22);1H. The first-order valence-electron chi connectivity index (χ1n) is 8.04. The largest absolute Gasteiger partial charge is 0.324 e. The Balaban J connectivity index is 0.00000208. The number of thiazole rings is 1. The number of halogens is 1. The molecule has 1 aliphatic rings. The maximum absolute atomic E-state index is 12.4. The summed E-state index contributed by atoms with van der Waals surface area (Å²) >= 11 is 1.57. The number of aromatic nitrogens is 2. The van der Waals surface area contributed by atoms with Crippen LogP contribution in [0.4, 0.5) is 0 Å². The molecule has 0 radical (unpaired) electrons. The fraction of sp³-hybridized carbons (Fsp3) is 0.471. The van der Waals surface area contributed by atoms with Crippen molar-refractivity contribution in [1.29, 1.82) is 5.26 Å². The van der Waals surface area contributed by atoms with E-state index in [1.165, 1.54) is 0 Å². The van der Waals surface area contributed by atoms with Crippen molar-refractivity contribution in [2.45, 2.75) is 45.6 Å². The highest BCUT2D eigenvalue weighted by molar-refractivity contribution is 7.15. The topological polar surface area (TPSA) is 81.6 Å². The lowest BCUT2D eigenvalue weighted by Crippen LogP contribution is -2.32. The molecule has 1 atom stereocenters. The van der Waals surface area contributed by atoms with Gasteiger partial charge in [0.05, 0.1) is 0 Å². The monoisotopic (exact) mass is 364 g/mol. The summed E-state index contributed by atoms with van der Waals surface area (Å²) in [7, 11) is 0. The number of nitrogens with zero attached hydrogens (tertiary/aromatic N) is 2. The molecule has 3 heterocycles. The summed E-state index contributed by atoms with van der Waals surface area (Å²) in [6.07, 6.45) is 4.82. The molecule has 2 aromatic heterocycles. The molecule has 3 rings (SSSR count). The summed E-state index contributed by atoms with van der Waals surface area (Å²) < 4.78 is 0. The molecule has 0 spiro atoms. The number of hydrogen-bond acceptors (Lipinski definition) is 5. The molecular weight excluding hydrogens is 344 g/mol. The Morgan fingerprint density at radius 2 is 2.25 bits per heavy atom. The average Bonchev–Trinajstić information content (AvgIpc) is 3.03. The van der Waals surface area contributed by atoms with Gasteiger partial charge in [0, 0.05) is 41.3 Å². The third-order valence-corrected chi connectivity index (χ3v) is 5.48. The molecule has 7 heteroatoms. The van der Waals surface area contributed by atoms with Crippen LogP contribution in [0.25, 0.3) is 10.6 Å². The Kier molecular flexibility index (Phi) is 6.16. The van der Waals surface area contributed by atoms with Crippen molar-refractivity contribution in [3.63, 3.8) is 0 Å². The van der Waals surface area contributed by atoms with Crippen molar-refractivity contribution in [3.05, 3.63) is 38.2 Å². The van der Waals surface area contributed by atoms with Gasteiger partial charge in [0.1, 0.15) is 16.6 Å². The molecule has 24 heavy (non-hydrogen) atoms. The third kappa shape index (κ3) is 3.25. The van der Waals surface area contributed by atoms with Gasteiger partial charge in [-0.15, -0.1) is 23.7 Å². The maximum atomic E-state index is 12.4. The van der Waals surface area contributed by atoms with Crippen molar-refractivity contribution < 1.29 is 0 Å². The highest BCUT2D eigenvalue weighted by Gasteiger charge is 2.27. The fourth-order valence-electron chi connectivity index (χ4n) is 3.19. The van der Waals surface area contributed by atoms with Gasteiger partial charge in [-0.2, -0.15) is 5.26 Å². The second-order valence-electron chi connectivity index (χ2n) is 5.81. The summed E-state index contributed by atoms with van der Waals surface area (Å²) in [5, 5.41) is 13.7. The predicted octanol–water partition coefficient (Wildman–Crippen LogP) is 3.34. The zero-order valence-electron chi connectivity index (χ0n) is 13.8. The van der Waals surface area contributed by atoms with Crippen LogP contribution in [0.15, 0.2) is 11.0 Å². The highest BCUT2D eigenvalue weighted by Crippen LogP contribution is 2.35. The zero-order chi connectivity index (χ0) is 16.4. The molecule has 0 bridgehead atoms. The van der Waals surface area contributed by atoms with E-state index in [4.69, 9.17) is 0 Å². The van der Waals surface area contributed by atoms with E-state index in [1.807, 2.05) is 6.20 Å². The highest BCUT2D eigenvalue weighted by atomic mass is 35.5. The van der Waals surface area contributed by atoms with Crippen LogP contribution >= 0.6 is 23.7 Å². The number of aryl methyl sites for hydroxylation is 1. The summed E-state index contributed by atoms with van der Waals surface area (Å²) in [6, 6.07) is 2.08. The average molecular weight is 365 g/mol. The van der Waals surface area contributed by atoms with E-state index in [2.05, 4.69) is 35.2 Å². The first kappa shape index (κ1) is 18.7. The van der Waals surface area contributed by atoms with Crippen LogP contribution in [0.3, 0.4) is 0 Å². The van der Waals surface area contributed by atoms with Crippen molar-refractivity contribution >= 4 is 23.7 Å². The Hall–Kier alpha value is -1.68. The van der Waals surface area contributed by atoms with E-state index < -0.39 is 0 Å². The molecule has 0 saturated heterocycles. The van der Waals surface area contributed by atoms with E-state index in [0.29, 0.717) is 6.54 Å². The molecule has 0 aromatic carbocycles.